The molecule has 0 aliphatic heterocycles. The highest BCUT2D eigenvalue weighted by atomic mass is 32.2. The van der Waals surface area contributed by atoms with Gasteiger partial charge >= 0.3 is 5.63 Å². The lowest BCUT2D eigenvalue weighted by Gasteiger charge is -2.07. The summed E-state index contributed by atoms with van der Waals surface area (Å²) in [5.41, 5.74) is 4.39. The Morgan fingerprint density at radius 1 is 1.00 bits per heavy atom. The fourth-order valence-corrected chi connectivity index (χ4v) is 3.91. The highest BCUT2D eigenvalue weighted by Gasteiger charge is 2.14. The van der Waals surface area contributed by atoms with Crippen LogP contribution in [0.1, 0.15) is 22.3 Å². The van der Waals surface area contributed by atoms with Crippen molar-refractivity contribution in [1.82, 2.24) is 10.2 Å². The summed E-state index contributed by atoms with van der Waals surface area (Å²) in [6.07, 6.45) is 0. The molecule has 0 amide bonds. The van der Waals surface area contributed by atoms with E-state index in [1.807, 2.05) is 26.0 Å². The molecule has 142 valence electrons. The summed E-state index contributed by atoms with van der Waals surface area (Å²) in [6, 6.07) is 10.9. The van der Waals surface area contributed by atoms with Gasteiger partial charge in [-0.05, 0) is 50.6 Å². The van der Waals surface area contributed by atoms with Gasteiger partial charge in [-0.2, -0.15) is 0 Å². The van der Waals surface area contributed by atoms with Crippen molar-refractivity contribution in [3.63, 3.8) is 0 Å². The van der Waals surface area contributed by atoms with Gasteiger partial charge in [-0.15, -0.1) is 10.2 Å². The van der Waals surface area contributed by atoms with Crippen LogP contribution in [0.3, 0.4) is 0 Å². The number of benzene rings is 2. The molecule has 0 unspecified atom stereocenters. The Labute approximate surface area is 165 Å². The number of fused-ring (bicyclic) bond motifs is 1. The van der Waals surface area contributed by atoms with E-state index in [0.717, 1.165) is 27.6 Å². The third kappa shape index (κ3) is 3.53. The van der Waals surface area contributed by atoms with Gasteiger partial charge in [0.15, 0.2) is 0 Å². The van der Waals surface area contributed by atoms with Crippen molar-refractivity contribution in [2.45, 2.75) is 31.7 Å². The lowest BCUT2D eigenvalue weighted by atomic mass is 10.1. The van der Waals surface area contributed by atoms with Crippen LogP contribution in [0.25, 0.3) is 22.4 Å². The summed E-state index contributed by atoms with van der Waals surface area (Å²) in [4.78, 5) is 11.9. The van der Waals surface area contributed by atoms with E-state index < -0.39 is 5.63 Å². The topological polar surface area (TPSA) is 89.4 Å². The van der Waals surface area contributed by atoms with Gasteiger partial charge in [-0.1, -0.05) is 29.0 Å². The minimum Gasteiger partial charge on any atom is -0.508 e. The lowest BCUT2D eigenvalue weighted by Crippen LogP contribution is -2.01. The molecule has 0 saturated carbocycles. The Kier molecular flexibility index (Phi) is 4.68. The van der Waals surface area contributed by atoms with E-state index in [9.17, 15) is 9.90 Å². The van der Waals surface area contributed by atoms with E-state index in [1.165, 1.54) is 17.8 Å². The highest BCUT2D eigenvalue weighted by molar-refractivity contribution is 7.98. The average Bonchev–Trinajstić information content (AvgIpc) is 3.11. The standard InChI is InChI=1S/C21H18N2O4S/c1-11-6-12(2)8-14(7-11)20-22-23-21(27-20)28-10-15-9-18(25)26-19-13(3)17(24)5-4-16(15)19/h4-9,24H,10H2,1-3H3. The van der Waals surface area contributed by atoms with Crippen LogP contribution in [0, 0.1) is 20.8 Å². The number of aromatic nitrogens is 2. The van der Waals surface area contributed by atoms with Crippen molar-refractivity contribution in [2.24, 2.45) is 0 Å². The normalized spacial score (nSPS) is 11.2. The third-order valence-electron chi connectivity index (χ3n) is 4.44. The molecular weight excluding hydrogens is 376 g/mol. The van der Waals surface area contributed by atoms with E-state index in [0.29, 0.717) is 28.0 Å². The molecule has 0 aliphatic carbocycles. The summed E-state index contributed by atoms with van der Waals surface area (Å²) in [5, 5.41) is 19.3. The molecule has 0 aliphatic rings. The van der Waals surface area contributed by atoms with Crippen molar-refractivity contribution >= 4 is 22.7 Å². The quantitative estimate of drug-likeness (QED) is 0.394. The maximum Gasteiger partial charge on any atom is 0.336 e. The van der Waals surface area contributed by atoms with Crippen molar-refractivity contribution in [2.75, 3.05) is 0 Å². The minimum atomic E-state index is -0.460. The number of hydrogen-bond acceptors (Lipinski definition) is 7. The van der Waals surface area contributed by atoms with E-state index in [1.54, 1.807) is 19.1 Å². The molecule has 2 aromatic carbocycles. The van der Waals surface area contributed by atoms with Gasteiger partial charge in [-0.25, -0.2) is 4.79 Å². The second kappa shape index (κ2) is 7.16. The summed E-state index contributed by atoms with van der Waals surface area (Å²) in [5.74, 6) is 1.02. The number of rotatable bonds is 4. The molecular formula is C21H18N2O4S. The molecule has 0 fully saturated rings. The Hall–Kier alpha value is -3.06. The number of hydrogen-bond donors (Lipinski definition) is 1. The SMILES string of the molecule is Cc1cc(C)cc(-c2nnc(SCc3cc(=O)oc4c(C)c(O)ccc34)o2)c1. The van der Waals surface area contributed by atoms with Crippen molar-refractivity contribution < 1.29 is 13.9 Å². The Bertz CT molecular complexity index is 1220. The van der Waals surface area contributed by atoms with Crippen LogP contribution in [0.4, 0.5) is 0 Å². The second-order valence-electron chi connectivity index (χ2n) is 6.72. The van der Waals surface area contributed by atoms with Crippen LogP contribution in [-0.4, -0.2) is 15.3 Å². The van der Waals surface area contributed by atoms with E-state index in [4.69, 9.17) is 8.83 Å². The monoisotopic (exact) mass is 394 g/mol. The van der Waals surface area contributed by atoms with Crippen LogP contribution >= 0.6 is 11.8 Å². The predicted octanol–water partition coefficient (Wildman–Crippen LogP) is 4.77. The number of phenolic OH excluding ortho intramolecular Hbond substituents is 1. The Morgan fingerprint density at radius 3 is 2.50 bits per heavy atom. The zero-order valence-corrected chi connectivity index (χ0v) is 16.5. The number of aryl methyl sites for hydroxylation is 3. The molecule has 1 N–H and O–H groups in total. The van der Waals surface area contributed by atoms with Crippen molar-refractivity contribution in [3.8, 4) is 17.2 Å². The van der Waals surface area contributed by atoms with Gasteiger partial charge in [0.2, 0.25) is 5.89 Å². The number of phenols is 1. The van der Waals surface area contributed by atoms with E-state index in [2.05, 4.69) is 16.3 Å². The number of aromatic hydroxyl groups is 1. The van der Waals surface area contributed by atoms with Crippen molar-refractivity contribution in [3.05, 3.63) is 69.1 Å². The van der Waals surface area contributed by atoms with Gasteiger partial charge < -0.3 is 13.9 Å². The van der Waals surface area contributed by atoms with E-state index >= 15 is 0 Å². The summed E-state index contributed by atoms with van der Waals surface area (Å²) in [6.45, 7) is 5.76. The predicted molar refractivity (Wildman–Crippen MR) is 108 cm³/mol. The molecule has 0 spiro atoms. The van der Waals surface area contributed by atoms with Gasteiger partial charge in [0.25, 0.3) is 5.22 Å². The molecule has 4 rings (SSSR count). The zero-order valence-electron chi connectivity index (χ0n) is 15.6. The van der Waals surface area contributed by atoms with E-state index in [-0.39, 0.29) is 5.75 Å². The number of nitrogens with zero attached hydrogens (tertiary/aromatic N) is 2. The van der Waals surface area contributed by atoms with Crippen LogP contribution in [0.5, 0.6) is 5.75 Å². The molecule has 0 atom stereocenters. The van der Waals surface area contributed by atoms with Gasteiger partial charge in [-0.3, -0.25) is 0 Å². The molecule has 4 aromatic rings. The molecule has 0 radical (unpaired) electrons. The molecule has 6 nitrogen and oxygen atoms in total. The van der Waals surface area contributed by atoms with Crippen LogP contribution in [0.15, 0.2) is 55.2 Å². The molecule has 0 saturated heterocycles. The molecule has 0 bridgehead atoms. The molecule has 28 heavy (non-hydrogen) atoms. The molecule has 7 heteroatoms. The summed E-state index contributed by atoms with van der Waals surface area (Å²) >= 11 is 1.35. The van der Waals surface area contributed by atoms with Gasteiger partial charge in [0.1, 0.15) is 11.3 Å². The largest absolute Gasteiger partial charge is 0.508 e. The maximum atomic E-state index is 11.9. The fourth-order valence-electron chi connectivity index (χ4n) is 3.16. The zero-order chi connectivity index (χ0) is 19.8. The summed E-state index contributed by atoms with van der Waals surface area (Å²) < 4.78 is 11.1. The van der Waals surface area contributed by atoms with Crippen molar-refractivity contribution in [1.29, 1.82) is 0 Å². The number of thioether (sulfide) groups is 1. The first-order valence-corrected chi connectivity index (χ1v) is 9.69. The highest BCUT2D eigenvalue weighted by Crippen LogP contribution is 2.31. The van der Waals surface area contributed by atoms with Crippen LogP contribution in [-0.2, 0) is 5.75 Å². The summed E-state index contributed by atoms with van der Waals surface area (Å²) in [7, 11) is 0. The van der Waals surface area contributed by atoms with Crippen LogP contribution < -0.4 is 5.63 Å². The third-order valence-corrected chi connectivity index (χ3v) is 5.31. The Balaban J connectivity index is 1.61. The lowest BCUT2D eigenvalue weighted by molar-refractivity contribution is 0.465. The maximum absolute atomic E-state index is 11.9. The first-order valence-electron chi connectivity index (χ1n) is 8.71. The van der Waals surface area contributed by atoms with Gasteiger partial charge in [0, 0.05) is 28.3 Å². The van der Waals surface area contributed by atoms with Gasteiger partial charge in [0.05, 0.1) is 0 Å². The molecule has 2 aromatic heterocycles. The smallest absolute Gasteiger partial charge is 0.336 e. The van der Waals surface area contributed by atoms with Crippen LogP contribution in [0.2, 0.25) is 0 Å². The second-order valence-corrected chi connectivity index (χ2v) is 7.64. The minimum absolute atomic E-state index is 0.0930. The average molecular weight is 394 g/mol. The fraction of sp³-hybridized carbons (Fsp3) is 0.190. The Morgan fingerprint density at radius 2 is 1.75 bits per heavy atom. The first kappa shape index (κ1) is 18.3. The first-order chi connectivity index (χ1) is 13.4. The molecule has 2 heterocycles.